The normalized spacial score (nSPS) is 15.7. The van der Waals surface area contributed by atoms with Gasteiger partial charge in [0.1, 0.15) is 0 Å². The number of hydrogen-bond donors (Lipinski definition) is 2. The number of hydrogen-bond acceptors (Lipinski definition) is 2. The average Bonchev–Trinajstić information content (AvgIpc) is 1.65. The fraction of sp³-hybridized carbons (Fsp3) is 1.00. The Bertz CT molecular complexity index is 71.5. The van der Waals surface area contributed by atoms with E-state index in [4.69, 9.17) is 10.8 Å². The van der Waals surface area contributed by atoms with E-state index in [0.717, 1.165) is 0 Å². The van der Waals surface area contributed by atoms with Gasteiger partial charge in [-0.2, -0.15) is 0 Å². The van der Waals surface area contributed by atoms with Crippen molar-refractivity contribution in [3.63, 3.8) is 0 Å². The summed E-state index contributed by atoms with van der Waals surface area (Å²) >= 11 is 0. The minimum Gasteiger partial charge on any atom is -0.396 e. The Balaban J connectivity index is 3.79. The fourth-order valence-corrected chi connectivity index (χ4v) is 0.702. The molecule has 2 heteroatoms. The van der Waals surface area contributed by atoms with Crippen molar-refractivity contribution < 1.29 is 5.11 Å². The highest BCUT2D eigenvalue weighted by atomic mass is 16.3. The van der Waals surface area contributed by atoms with Gasteiger partial charge in [0.05, 0.1) is 0 Å². The molecule has 1 atom stereocenters. The maximum atomic E-state index is 8.78. The Morgan fingerprint density at radius 1 is 1.44 bits per heavy atom. The minimum absolute atomic E-state index is 0.142. The van der Waals surface area contributed by atoms with Crippen molar-refractivity contribution in [1.29, 1.82) is 0 Å². The van der Waals surface area contributed by atoms with Crippen LogP contribution in [-0.2, 0) is 0 Å². The summed E-state index contributed by atoms with van der Waals surface area (Å²) in [5.74, 6) is 0.234. The molecule has 0 aliphatic rings. The molecule has 2 nitrogen and oxygen atoms in total. The number of rotatable bonds is 2. The molecule has 0 aliphatic carbocycles. The molecule has 0 unspecified atom stereocenters. The molecule has 0 aromatic carbocycles. The molecule has 0 radical (unpaired) electrons. The maximum absolute atomic E-state index is 8.78. The van der Waals surface area contributed by atoms with Gasteiger partial charge >= 0.3 is 0 Å². The average molecular weight is 131 g/mol. The molecule has 0 heterocycles. The Kier molecular flexibility index (Phi) is 3.15. The van der Waals surface area contributed by atoms with E-state index in [1.165, 1.54) is 0 Å². The van der Waals surface area contributed by atoms with E-state index in [0.29, 0.717) is 6.54 Å². The van der Waals surface area contributed by atoms with E-state index in [-0.39, 0.29) is 17.9 Å². The lowest BCUT2D eigenvalue weighted by Crippen LogP contribution is -2.30. The zero-order valence-electron chi connectivity index (χ0n) is 6.52. The maximum Gasteiger partial charge on any atom is 0.0476 e. The van der Waals surface area contributed by atoms with Crippen molar-refractivity contribution in [2.75, 3.05) is 13.2 Å². The molecule has 0 aliphatic heterocycles. The first kappa shape index (κ1) is 8.92. The highest BCUT2D eigenvalue weighted by Crippen LogP contribution is 2.23. The van der Waals surface area contributed by atoms with Crippen LogP contribution in [-0.4, -0.2) is 18.3 Å². The second-order valence-corrected chi connectivity index (χ2v) is 3.48. The van der Waals surface area contributed by atoms with Crippen molar-refractivity contribution in [1.82, 2.24) is 0 Å². The van der Waals surface area contributed by atoms with Crippen molar-refractivity contribution in [3.05, 3.63) is 0 Å². The van der Waals surface area contributed by atoms with Crippen molar-refractivity contribution in [3.8, 4) is 0 Å². The first-order valence-corrected chi connectivity index (χ1v) is 3.33. The molecule has 0 amide bonds. The molecular weight excluding hydrogens is 114 g/mol. The predicted octanol–water partition coefficient (Wildman–Crippen LogP) is 0.600. The lowest BCUT2D eigenvalue weighted by molar-refractivity contribution is 0.137. The Hall–Kier alpha value is -0.0800. The Morgan fingerprint density at radius 3 is 1.89 bits per heavy atom. The van der Waals surface area contributed by atoms with Crippen molar-refractivity contribution in [2.45, 2.75) is 20.8 Å². The number of nitrogens with two attached hydrogens (primary N) is 1. The van der Waals surface area contributed by atoms with Crippen LogP contribution < -0.4 is 5.73 Å². The van der Waals surface area contributed by atoms with E-state index in [9.17, 15) is 0 Å². The summed E-state index contributed by atoms with van der Waals surface area (Å²) < 4.78 is 0. The zero-order chi connectivity index (χ0) is 7.49. The summed E-state index contributed by atoms with van der Waals surface area (Å²) in [6.07, 6.45) is 0. The molecule has 0 saturated heterocycles. The van der Waals surface area contributed by atoms with Gasteiger partial charge in [-0.25, -0.2) is 0 Å². The van der Waals surface area contributed by atoms with Gasteiger partial charge in [0.25, 0.3) is 0 Å². The van der Waals surface area contributed by atoms with Gasteiger partial charge in [0.2, 0.25) is 0 Å². The molecule has 0 rings (SSSR count). The monoisotopic (exact) mass is 131 g/mol. The van der Waals surface area contributed by atoms with Gasteiger partial charge < -0.3 is 10.8 Å². The molecule has 56 valence electrons. The van der Waals surface area contributed by atoms with Crippen molar-refractivity contribution >= 4 is 0 Å². The predicted molar refractivity (Wildman–Crippen MR) is 39.1 cm³/mol. The van der Waals surface area contributed by atoms with Gasteiger partial charge in [0.15, 0.2) is 0 Å². The van der Waals surface area contributed by atoms with E-state index in [2.05, 4.69) is 20.8 Å². The lowest BCUT2D eigenvalue weighted by atomic mass is 9.81. The Morgan fingerprint density at radius 2 is 1.89 bits per heavy atom. The molecule has 0 aromatic rings. The third-order valence-corrected chi connectivity index (χ3v) is 1.73. The lowest BCUT2D eigenvalue weighted by Gasteiger charge is -2.27. The first-order chi connectivity index (χ1) is 4.02. The van der Waals surface area contributed by atoms with Crippen molar-refractivity contribution in [2.24, 2.45) is 17.1 Å². The molecule has 0 saturated carbocycles. The minimum atomic E-state index is 0.142. The van der Waals surface area contributed by atoms with Crippen LogP contribution in [0.1, 0.15) is 20.8 Å². The van der Waals surface area contributed by atoms with Crippen LogP contribution in [0.25, 0.3) is 0 Å². The highest BCUT2D eigenvalue weighted by molar-refractivity contribution is 4.73. The van der Waals surface area contributed by atoms with Gasteiger partial charge in [-0.15, -0.1) is 0 Å². The standard InChI is InChI=1S/C7H17NO/c1-7(2,3)6(4-8)5-9/h6,9H,4-5,8H2,1-3H3/t6-/m1/s1. The van der Waals surface area contributed by atoms with Gasteiger partial charge in [-0.05, 0) is 17.9 Å². The molecule has 3 N–H and O–H groups in total. The number of aliphatic hydroxyl groups is 1. The summed E-state index contributed by atoms with van der Waals surface area (Å²) in [5.41, 5.74) is 5.55. The van der Waals surface area contributed by atoms with E-state index in [1.807, 2.05) is 0 Å². The third-order valence-electron chi connectivity index (χ3n) is 1.73. The molecule has 0 fully saturated rings. The van der Waals surface area contributed by atoms with Gasteiger partial charge in [-0.3, -0.25) is 0 Å². The quantitative estimate of drug-likeness (QED) is 0.576. The second-order valence-electron chi connectivity index (χ2n) is 3.48. The van der Waals surface area contributed by atoms with Crippen LogP contribution in [0.3, 0.4) is 0 Å². The molecule has 0 aromatic heterocycles. The zero-order valence-corrected chi connectivity index (χ0v) is 6.52. The van der Waals surface area contributed by atoms with Gasteiger partial charge in [-0.1, -0.05) is 20.8 Å². The van der Waals surface area contributed by atoms with E-state index >= 15 is 0 Å². The van der Waals surface area contributed by atoms with Crippen LogP contribution in [0.4, 0.5) is 0 Å². The topological polar surface area (TPSA) is 46.2 Å². The van der Waals surface area contributed by atoms with Crippen LogP contribution in [0.5, 0.6) is 0 Å². The molecule has 0 spiro atoms. The van der Waals surface area contributed by atoms with E-state index in [1.54, 1.807) is 0 Å². The summed E-state index contributed by atoms with van der Waals surface area (Å²) in [7, 11) is 0. The van der Waals surface area contributed by atoms with Crippen LogP contribution in [0.2, 0.25) is 0 Å². The highest BCUT2D eigenvalue weighted by Gasteiger charge is 2.21. The van der Waals surface area contributed by atoms with Crippen LogP contribution >= 0.6 is 0 Å². The fourth-order valence-electron chi connectivity index (χ4n) is 0.702. The van der Waals surface area contributed by atoms with Crippen LogP contribution in [0.15, 0.2) is 0 Å². The second kappa shape index (κ2) is 3.18. The summed E-state index contributed by atoms with van der Waals surface area (Å²) in [5, 5.41) is 8.78. The van der Waals surface area contributed by atoms with E-state index < -0.39 is 0 Å². The largest absolute Gasteiger partial charge is 0.396 e. The molecule has 0 bridgehead atoms. The summed E-state index contributed by atoms with van der Waals surface area (Å²) in [6.45, 7) is 7.02. The van der Waals surface area contributed by atoms with Crippen LogP contribution in [0, 0.1) is 11.3 Å². The smallest absolute Gasteiger partial charge is 0.0476 e. The third kappa shape index (κ3) is 2.82. The number of aliphatic hydroxyl groups excluding tert-OH is 1. The van der Waals surface area contributed by atoms with Gasteiger partial charge in [0, 0.05) is 6.61 Å². The molecule has 9 heavy (non-hydrogen) atoms. The Labute approximate surface area is 57.1 Å². The molecular formula is C7H17NO. The first-order valence-electron chi connectivity index (χ1n) is 3.33. The SMILES string of the molecule is CC(C)(C)[C@H](CN)CO. The summed E-state index contributed by atoms with van der Waals surface area (Å²) in [6, 6.07) is 0. The summed E-state index contributed by atoms with van der Waals surface area (Å²) in [4.78, 5) is 0.